The molecule has 5 aromatic rings. The van der Waals surface area contributed by atoms with E-state index in [1.54, 1.807) is 0 Å². The Bertz CT molecular complexity index is 1310. The molecule has 6 rings (SSSR count). The number of imidazole rings is 1. The smallest absolute Gasteiger partial charge is 0.297 e. The molecule has 5 heteroatoms. The number of para-hydroxylation sites is 1. The van der Waals surface area contributed by atoms with Crippen LogP contribution in [0, 0.1) is 0 Å². The normalized spacial score (nSPS) is 12.7. The maximum absolute atomic E-state index is 4.33. The average Bonchev–Trinajstić information content (AvgIpc) is 3.31. The van der Waals surface area contributed by atoms with Crippen molar-refractivity contribution in [1.82, 2.24) is 19.1 Å². The first-order chi connectivity index (χ1) is 12.8. The zero-order valence-electron chi connectivity index (χ0n) is 14.3. The van der Waals surface area contributed by atoms with Gasteiger partial charge in [0.2, 0.25) is 5.52 Å². The Morgan fingerprint density at radius 3 is 2.65 bits per heavy atom. The average molecular weight is 338 g/mol. The molecule has 0 spiro atoms. The number of hydrogen-bond donors (Lipinski definition) is 0. The van der Waals surface area contributed by atoms with Crippen molar-refractivity contribution in [3.63, 3.8) is 0 Å². The molecule has 0 amide bonds. The Hall–Kier alpha value is -3.47. The molecular weight excluding hydrogens is 322 g/mol. The van der Waals surface area contributed by atoms with E-state index in [1.165, 1.54) is 33.5 Å². The SMILES string of the molecule is Cn1c2cnccc2c2c1n(-c1ccccc1)c1[n+]2Cc2cnccc2-1. The fourth-order valence-corrected chi connectivity index (χ4v) is 4.28. The van der Waals surface area contributed by atoms with Crippen molar-refractivity contribution in [1.29, 1.82) is 0 Å². The highest BCUT2D eigenvalue weighted by Gasteiger charge is 2.37. The van der Waals surface area contributed by atoms with Gasteiger partial charge in [-0.2, -0.15) is 4.57 Å². The highest BCUT2D eigenvalue weighted by atomic mass is 15.3. The summed E-state index contributed by atoms with van der Waals surface area (Å²) >= 11 is 0. The topological polar surface area (TPSA) is 39.5 Å². The van der Waals surface area contributed by atoms with Crippen LogP contribution >= 0.6 is 0 Å². The van der Waals surface area contributed by atoms with Crippen LogP contribution in [0.5, 0.6) is 0 Å². The molecule has 124 valence electrons. The molecule has 1 aromatic carbocycles. The first kappa shape index (κ1) is 13.8. The summed E-state index contributed by atoms with van der Waals surface area (Å²) in [7, 11) is 2.12. The van der Waals surface area contributed by atoms with E-state index >= 15 is 0 Å². The first-order valence-corrected chi connectivity index (χ1v) is 8.70. The van der Waals surface area contributed by atoms with Crippen LogP contribution in [0.4, 0.5) is 0 Å². The van der Waals surface area contributed by atoms with E-state index in [9.17, 15) is 0 Å². The summed E-state index contributed by atoms with van der Waals surface area (Å²) in [4.78, 5) is 8.67. The molecule has 0 fully saturated rings. The summed E-state index contributed by atoms with van der Waals surface area (Å²) < 4.78 is 7.02. The number of hydrogen-bond acceptors (Lipinski definition) is 2. The van der Waals surface area contributed by atoms with Crippen molar-refractivity contribution in [2.24, 2.45) is 7.05 Å². The van der Waals surface area contributed by atoms with Gasteiger partial charge in [-0.1, -0.05) is 18.2 Å². The number of nitrogens with zero attached hydrogens (tertiary/aromatic N) is 5. The first-order valence-electron chi connectivity index (χ1n) is 8.70. The second-order valence-electron chi connectivity index (χ2n) is 6.74. The van der Waals surface area contributed by atoms with E-state index in [2.05, 4.69) is 73.2 Å². The van der Waals surface area contributed by atoms with E-state index in [-0.39, 0.29) is 0 Å². The molecule has 0 N–H and O–H groups in total. The quantitative estimate of drug-likeness (QED) is 0.432. The van der Waals surface area contributed by atoms with Gasteiger partial charge in [0.15, 0.2) is 0 Å². The van der Waals surface area contributed by atoms with Crippen molar-refractivity contribution >= 4 is 22.1 Å². The van der Waals surface area contributed by atoms with Crippen molar-refractivity contribution < 1.29 is 4.57 Å². The fourth-order valence-electron chi connectivity index (χ4n) is 4.28. The van der Waals surface area contributed by atoms with Gasteiger partial charge >= 0.3 is 0 Å². The fraction of sp³-hybridized carbons (Fsp3) is 0.0952. The standard InChI is InChI=1S/C21H16N5/c1-24-18-12-23-10-8-17(18)19-21(24)26(15-5-3-2-4-6-15)20-16-7-9-22-11-14(16)13-25(19)20/h2-12H,13H2,1H3/q+1. The number of rotatable bonds is 1. The van der Waals surface area contributed by atoms with Crippen LogP contribution < -0.4 is 4.57 Å². The van der Waals surface area contributed by atoms with Gasteiger partial charge < -0.3 is 4.57 Å². The molecule has 26 heavy (non-hydrogen) atoms. The lowest BCUT2D eigenvalue weighted by molar-refractivity contribution is -0.645. The van der Waals surface area contributed by atoms with E-state index in [0.29, 0.717) is 0 Å². The predicted octanol–water partition coefficient (Wildman–Crippen LogP) is 3.23. The maximum atomic E-state index is 4.33. The summed E-state index contributed by atoms with van der Waals surface area (Å²) in [6, 6.07) is 14.8. The van der Waals surface area contributed by atoms with Crippen LogP contribution in [-0.4, -0.2) is 19.1 Å². The molecule has 1 aliphatic heterocycles. The van der Waals surface area contributed by atoms with Gasteiger partial charge in [0.25, 0.3) is 11.5 Å². The zero-order valence-corrected chi connectivity index (χ0v) is 14.3. The third-order valence-electron chi connectivity index (χ3n) is 5.38. The molecule has 0 unspecified atom stereocenters. The molecule has 4 aromatic heterocycles. The summed E-state index contributed by atoms with van der Waals surface area (Å²) in [5, 5.41) is 1.23. The second kappa shape index (κ2) is 4.79. The minimum atomic E-state index is 0.844. The third kappa shape index (κ3) is 1.57. The van der Waals surface area contributed by atoms with Gasteiger partial charge in [-0.25, -0.2) is 4.57 Å². The zero-order chi connectivity index (χ0) is 17.3. The minimum absolute atomic E-state index is 0.844. The van der Waals surface area contributed by atoms with Crippen molar-refractivity contribution in [2.45, 2.75) is 6.54 Å². The molecule has 0 aliphatic carbocycles. The van der Waals surface area contributed by atoms with E-state index in [4.69, 9.17) is 0 Å². The molecule has 0 saturated carbocycles. The highest BCUT2D eigenvalue weighted by Crippen LogP contribution is 2.36. The van der Waals surface area contributed by atoms with Gasteiger partial charge in [0.05, 0.1) is 22.7 Å². The third-order valence-corrected chi connectivity index (χ3v) is 5.38. The van der Waals surface area contributed by atoms with Crippen molar-refractivity contribution in [2.75, 3.05) is 0 Å². The lowest BCUT2D eigenvalue weighted by Crippen LogP contribution is -2.31. The molecule has 1 aliphatic rings. The number of aryl methyl sites for hydroxylation is 1. The van der Waals surface area contributed by atoms with Crippen LogP contribution in [0.25, 0.3) is 39.1 Å². The van der Waals surface area contributed by atoms with Crippen LogP contribution in [-0.2, 0) is 13.6 Å². The summed E-state index contributed by atoms with van der Waals surface area (Å²) in [6.45, 7) is 0.844. The lowest BCUT2D eigenvalue weighted by Gasteiger charge is -2.03. The Morgan fingerprint density at radius 2 is 1.77 bits per heavy atom. The molecule has 0 saturated heterocycles. The monoisotopic (exact) mass is 338 g/mol. The van der Waals surface area contributed by atoms with Crippen LogP contribution in [0.2, 0.25) is 0 Å². The Morgan fingerprint density at radius 1 is 0.962 bits per heavy atom. The maximum Gasteiger partial charge on any atom is 0.297 e. The summed E-state index contributed by atoms with van der Waals surface area (Å²) in [6.07, 6.45) is 7.68. The number of benzene rings is 1. The van der Waals surface area contributed by atoms with E-state index in [1.807, 2.05) is 24.8 Å². The Balaban J connectivity index is 1.87. The van der Waals surface area contributed by atoms with Crippen LogP contribution in [0.15, 0.2) is 67.3 Å². The molecule has 0 atom stereocenters. The molecule has 5 nitrogen and oxygen atoms in total. The largest absolute Gasteiger partial charge is 0.306 e. The van der Waals surface area contributed by atoms with Gasteiger partial charge in [-0.3, -0.25) is 9.97 Å². The van der Waals surface area contributed by atoms with E-state index < -0.39 is 0 Å². The summed E-state index contributed by atoms with van der Waals surface area (Å²) in [5.74, 6) is 1.22. The Labute approximate surface area is 149 Å². The molecule has 0 radical (unpaired) electrons. The highest BCUT2D eigenvalue weighted by molar-refractivity contribution is 6.04. The lowest BCUT2D eigenvalue weighted by atomic mass is 10.1. The van der Waals surface area contributed by atoms with Crippen molar-refractivity contribution in [3.8, 4) is 17.1 Å². The predicted molar refractivity (Wildman–Crippen MR) is 100 cm³/mol. The number of fused-ring (bicyclic) bond motifs is 7. The molecule has 5 heterocycles. The van der Waals surface area contributed by atoms with Crippen LogP contribution in [0.1, 0.15) is 5.56 Å². The summed E-state index contributed by atoms with van der Waals surface area (Å²) in [5.41, 5.74) is 7.26. The van der Waals surface area contributed by atoms with E-state index in [0.717, 1.165) is 17.7 Å². The van der Waals surface area contributed by atoms with Gasteiger partial charge in [-0.05, 0) is 24.3 Å². The molecule has 0 bridgehead atoms. The Kier molecular flexibility index (Phi) is 2.54. The van der Waals surface area contributed by atoms with Gasteiger partial charge in [0.1, 0.15) is 12.2 Å². The number of aromatic nitrogens is 5. The minimum Gasteiger partial charge on any atom is -0.306 e. The second-order valence-corrected chi connectivity index (χ2v) is 6.74. The van der Waals surface area contributed by atoms with Gasteiger partial charge in [-0.15, -0.1) is 0 Å². The van der Waals surface area contributed by atoms with Crippen molar-refractivity contribution in [3.05, 3.63) is 72.8 Å². The van der Waals surface area contributed by atoms with Gasteiger partial charge in [0, 0.05) is 31.2 Å². The molecular formula is C21H16N5+. The van der Waals surface area contributed by atoms with Crippen LogP contribution in [0.3, 0.4) is 0 Å². The number of pyridine rings is 2.